The molecule has 1 aromatic carbocycles. The van der Waals surface area contributed by atoms with Crippen LogP contribution in [0, 0.1) is 0 Å². The van der Waals surface area contributed by atoms with E-state index in [1.807, 2.05) is 0 Å². The second kappa shape index (κ2) is 6.78. The van der Waals surface area contributed by atoms with Gasteiger partial charge in [-0.3, -0.25) is 4.79 Å². The molecule has 2 rings (SSSR count). The first-order valence-electron chi connectivity index (χ1n) is 6.74. The van der Waals surface area contributed by atoms with Crippen molar-refractivity contribution in [2.45, 2.75) is 19.9 Å². The maximum Gasteiger partial charge on any atom is 0.256 e. The van der Waals surface area contributed by atoms with Crippen LogP contribution < -0.4 is 14.8 Å². The number of ether oxygens (including phenoxy) is 2. The molecule has 0 saturated carbocycles. The van der Waals surface area contributed by atoms with Crippen molar-refractivity contribution in [3.63, 3.8) is 0 Å². The van der Waals surface area contributed by atoms with Crippen LogP contribution in [0.5, 0.6) is 11.5 Å². The van der Waals surface area contributed by atoms with Crippen molar-refractivity contribution in [1.82, 2.24) is 9.78 Å². The molecular weight excluding hydrogens is 270 g/mol. The maximum atomic E-state index is 12.3. The zero-order valence-electron chi connectivity index (χ0n) is 12.4. The van der Waals surface area contributed by atoms with E-state index in [4.69, 9.17) is 9.47 Å². The summed E-state index contributed by atoms with van der Waals surface area (Å²) in [7, 11) is 3.09. The highest BCUT2D eigenvalue weighted by Crippen LogP contribution is 2.27. The van der Waals surface area contributed by atoms with E-state index in [0.29, 0.717) is 22.9 Å². The number of hydrogen-bond acceptors (Lipinski definition) is 4. The van der Waals surface area contributed by atoms with Crippen LogP contribution >= 0.6 is 0 Å². The summed E-state index contributed by atoms with van der Waals surface area (Å²) in [6.07, 6.45) is 2.61. The number of carbonyl (C=O) groups is 1. The molecule has 6 nitrogen and oxygen atoms in total. The molecule has 0 atom stereocenters. The highest BCUT2D eigenvalue weighted by atomic mass is 16.5. The minimum atomic E-state index is -0.214. The molecule has 1 amide bonds. The molecular formula is C15H19N3O3. The summed E-state index contributed by atoms with van der Waals surface area (Å²) in [5.74, 6) is 1.57. The quantitative estimate of drug-likeness (QED) is 0.887. The molecule has 0 radical (unpaired) electrons. The molecule has 0 unspecified atom stereocenters. The molecule has 0 fully saturated rings. The summed E-state index contributed by atoms with van der Waals surface area (Å²) in [5.41, 5.74) is 0.497. The Bertz CT molecular complexity index is 622. The fraction of sp³-hybridized carbons (Fsp3) is 0.333. The monoisotopic (exact) mass is 289 g/mol. The zero-order chi connectivity index (χ0) is 15.2. The average Bonchev–Trinajstić information content (AvgIpc) is 2.94. The second-order valence-electron chi connectivity index (χ2n) is 4.46. The molecule has 0 aliphatic heterocycles. The highest BCUT2D eigenvalue weighted by Gasteiger charge is 2.12. The Hall–Kier alpha value is -2.50. The molecule has 0 saturated heterocycles. The molecule has 1 heterocycles. The van der Waals surface area contributed by atoms with Crippen LogP contribution in [0.25, 0.3) is 0 Å². The molecule has 1 N–H and O–H groups in total. The van der Waals surface area contributed by atoms with E-state index in [-0.39, 0.29) is 5.91 Å². The molecule has 1 aromatic heterocycles. The third-order valence-electron chi connectivity index (χ3n) is 3.04. The number of aryl methyl sites for hydroxylation is 1. The van der Waals surface area contributed by atoms with Gasteiger partial charge in [-0.15, -0.1) is 0 Å². The van der Waals surface area contributed by atoms with Gasteiger partial charge in [0.2, 0.25) is 0 Å². The SMILES string of the molecule is CCCn1nccc1NC(=O)c1ccc(OC)c(OC)c1. The number of anilines is 1. The number of methoxy groups -OCH3 is 2. The Balaban J connectivity index is 2.18. The van der Waals surface area contributed by atoms with Gasteiger partial charge in [0.1, 0.15) is 5.82 Å². The number of rotatable bonds is 6. The van der Waals surface area contributed by atoms with E-state index in [1.54, 1.807) is 42.3 Å². The first kappa shape index (κ1) is 14.9. The van der Waals surface area contributed by atoms with Crippen molar-refractivity contribution in [2.24, 2.45) is 0 Å². The summed E-state index contributed by atoms with van der Waals surface area (Å²) in [6.45, 7) is 2.82. The van der Waals surface area contributed by atoms with Crippen molar-refractivity contribution < 1.29 is 14.3 Å². The molecule has 0 aliphatic rings. The number of nitrogens with one attached hydrogen (secondary N) is 1. The number of benzene rings is 1. The summed E-state index contributed by atoms with van der Waals surface area (Å²) in [6, 6.07) is 6.82. The van der Waals surface area contributed by atoms with E-state index in [9.17, 15) is 4.79 Å². The lowest BCUT2D eigenvalue weighted by molar-refractivity contribution is 0.102. The lowest BCUT2D eigenvalue weighted by Gasteiger charge is -2.11. The number of hydrogen-bond donors (Lipinski definition) is 1. The minimum Gasteiger partial charge on any atom is -0.493 e. The molecule has 0 bridgehead atoms. The van der Waals surface area contributed by atoms with E-state index < -0.39 is 0 Å². The first-order chi connectivity index (χ1) is 10.2. The summed E-state index contributed by atoms with van der Waals surface area (Å²) >= 11 is 0. The predicted octanol–water partition coefficient (Wildman–Crippen LogP) is 2.56. The molecule has 112 valence electrons. The number of aromatic nitrogens is 2. The van der Waals surface area contributed by atoms with E-state index >= 15 is 0 Å². The van der Waals surface area contributed by atoms with Crippen LogP contribution in [0.1, 0.15) is 23.7 Å². The third-order valence-corrected chi connectivity index (χ3v) is 3.04. The van der Waals surface area contributed by atoms with Gasteiger partial charge in [-0.1, -0.05) is 6.92 Å². The Morgan fingerprint density at radius 2 is 2.00 bits per heavy atom. The van der Waals surface area contributed by atoms with Crippen LogP contribution in [0.2, 0.25) is 0 Å². The maximum absolute atomic E-state index is 12.3. The highest BCUT2D eigenvalue weighted by molar-refractivity contribution is 6.04. The van der Waals surface area contributed by atoms with Gasteiger partial charge in [-0.25, -0.2) is 4.68 Å². The van der Waals surface area contributed by atoms with Gasteiger partial charge in [0.25, 0.3) is 5.91 Å². The van der Waals surface area contributed by atoms with Gasteiger partial charge >= 0.3 is 0 Å². The summed E-state index contributed by atoms with van der Waals surface area (Å²) in [5, 5.41) is 7.02. The van der Waals surface area contributed by atoms with Crippen molar-refractivity contribution in [2.75, 3.05) is 19.5 Å². The smallest absolute Gasteiger partial charge is 0.256 e. The van der Waals surface area contributed by atoms with Gasteiger partial charge in [0.05, 0.1) is 20.4 Å². The fourth-order valence-electron chi connectivity index (χ4n) is 1.99. The second-order valence-corrected chi connectivity index (χ2v) is 4.46. The van der Waals surface area contributed by atoms with E-state index in [2.05, 4.69) is 17.3 Å². The van der Waals surface area contributed by atoms with Crippen molar-refractivity contribution in [1.29, 1.82) is 0 Å². The largest absolute Gasteiger partial charge is 0.493 e. The van der Waals surface area contributed by atoms with Crippen LogP contribution in [0.3, 0.4) is 0 Å². The first-order valence-corrected chi connectivity index (χ1v) is 6.74. The molecule has 2 aromatic rings. The number of amides is 1. The lowest BCUT2D eigenvalue weighted by atomic mass is 10.2. The number of nitrogens with zero attached hydrogens (tertiary/aromatic N) is 2. The third kappa shape index (κ3) is 3.34. The van der Waals surface area contributed by atoms with Gasteiger partial charge in [0, 0.05) is 18.2 Å². The van der Waals surface area contributed by atoms with Crippen LogP contribution in [-0.4, -0.2) is 29.9 Å². The Morgan fingerprint density at radius 1 is 1.24 bits per heavy atom. The van der Waals surface area contributed by atoms with Gasteiger partial charge in [0.15, 0.2) is 11.5 Å². The summed E-state index contributed by atoms with van der Waals surface area (Å²) in [4.78, 5) is 12.3. The molecule has 0 spiro atoms. The van der Waals surface area contributed by atoms with Gasteiger partial charge in [-0.2, -0.15) is 5.10 Å². The minimum absolute atomic E-state index is 0.214. The normalized spacial score (nSPS) is 10.2. The van der Waals surface area contributed by atoms with Gasteiger partial charge in [-0.05, 0) is 24.6 Å². The van der Waals surface area contributed by atoms with Crippen molar-refractivity contribution in [3.8, 4) is 11.5 Å². The standard InChI is InChI=1S/C15H19N3O3/c1-4-9-18-14(7-8-16-18)17-15(19)11-5-6-12(20-2)13(10-11)21-3/h5-8,10H,4,9H2,1-3H3,(H,17,19). The van der Waals surface area contributed by atoms with E-state index in [0.717, 1.165) is 13.0 Å². The zero-order valence-corrected chi connectivity index (χ0v) is 12.4. The molecule has 6 heteroatoms. The van der Waals surface area contributed by atoms with Crippen LogP contribution in [-0.2, 0) is 6.54 Å². The summed E-state index contributed by atoms with van der Waals surface area (Å²) < 4.78 is 12.1. The van der Waals surface area contributed by atoms with Crippen molar-refractivity contribution >= 4 is 11.7 Å². The molecule has 21 heavy (non-hydrogen) atoms. The van der Waals surface area contributed by atoms with Crippen molar-refractivity contribution in [3.05, 3.63) is 36.0 Å². The van der Waals surface area contributed by atoms with Gasteiger partial charge < -0.3 is 14.8 Å². The Kier molecular flexibility index (Phi) is 4.81. The Labute approximate surface area is 123 Å². The predicted molar refractivity (Wildman–Crippen MR) is 80.0 cm³/mol. The van der Waals surface area contributed by atoms with E-state index in [1.165, 1.54) is 7.11 Å². The molecule has 0 aliphatic carbocycles. The Morgan fingerprint density at radius 3 is 2.67 bits per heavy atom. The topological polar surface area (TPSA) is 65.4 Å². The fourth-order valence-corrected chi connectivity index (χ4v) is 1.99. The van der Waals surface area contributed by atoms with Crippen LogP contribution in [0.15, 0.2) is 30.5 Å². The average molecular weight is 289 g/mol. The van der Waals surface area contributed by atoms with Crippen LogP contribution in [0.4, 0.5) is 5.82 Å². The lowest BCUT2D eigenvalue weighted by Crippen LogP contribution is -2.16. The number of carbonyl (C=O) groups excluding carboxylic acids is 1.